The van der Waals surface area contributed by atoms with E-state index >= 15 is 0 Å². The SMILES string of the molecule is CCOC(C)CNCC(O)COC(C)CC(C)C. The normalized spacial score (nSPS) is 16.8. The summed E-state index contributed by atoms with van der Waals surface area (Å²) < 4.78 is 11.0. The molecule has 0 rings (SSSR count). The minimum Gasteiger partial charge on any atom is -0.389 e. The third-order valence-electron chi connectivity index (χ3n) is 2.64. The lowest BCUT2D eigenvalue weighted by atomic mass is 10.1. The van der Waals surface area contributed by atoms with Crippen LogP contribution in [0.5, 0.6) is 0 Å². The maximum absolute atomic E-state index is 9.75. The molecule has 110 valence electrons. The van der Waals surface area contributed by atoms with Crippen molar-refractivity contribution in [2.45, 2.75) is 59.4 Å². The predicted molar refractivity (Wildman–Crippen MR) is 74.8 cm³/mol. The van der Waals surface area contributed by atoms with Gasteiger partial charge in [0.05, 0.1) is 24.9 Å². The molecule has 0 aromatic rings. The first-order valence-electron chi connectivity index (χ1n) is 7.07. The molecule has 3 unspecified atom stereocenters. The number of aliphatic hydroxyl groups excluding tert-OH is 1. The summed E-state index contributed by atoms with van der Waals surface area (Å²) in [5, 5.41) is 12.9. The van der Waals surface area contributed by atoms with Crippen LogP contribution in [0.3, 0.4) is 0 Å². The lowest BCUT2D eigenvalue weighted by Crippen LogP contribution is -2.36. The average Bonchev–Trinajstić information content (AvgIpc) is 2.26. The molecule has 0 fully saturated rings. The predicted octanol–water partition coefficient (Wildman–Crippen LogP) is 1.81. The van der Waals surface area contributed by atoms with E-state index in [0.717, 1.165) is 19.6 Å². The topological polar surface area (TPSA) is 50.7 Å². The number of nitrogens with one attached hydrogen (secondary N) is 1. The Bertz CT molecular complexity index is 188. The van der Waals surface area contributed by atoms with E-state index in [0.29, 0.717) is 19.1 Å². The Hall–Kier alpha value is -0.160. The highest BCUT2D eigenvalue weighted by Crippen LogP contribution is 2.07. The van der Waals surface area contributed by atoms with Gasteiger partial charge in [-0.05, 0) is 33.1 Å². The van der Waals surface area contributed by atoms with Gasteiger partial charge in [0.2, 0.25) is 0 Å². The molecule has 0 amide bonds. The molecule has 0 aliphatic heterocycles. The molecule has 0 radical (unpaired) electrons. The monoisotopic (exact) mass is 261 g/mol. The molecule has 2 N–H and O–H groups in total. The summed E-state index contributed by atoms with van der Waals surface area (Å²) in [4.78, 5) is 0. The molecule has 0 heterocycles. The first kappa shape index (κ1) is 17.8. The summed E-state index contributed by atoms with van der Waals surface area (Å²) in [5.41, 5.74) is 0. The molecule has 0 spiro atoms. The smallest absolute Gasteiger partial charge is 0.0897 e. The van der Waals surface area contributed by atoms with Crippen molar-refractivity contribution in [2.24, 2.45) is 5.92 Å². The third-order valence-corrected chi connectivity index (χ3v) is 2.64. The number of rotatable bonds is 11. The number of aliphatic hydroxyl groups is 1. The van der Waals surface area contributed by atoms with E-state index in [-0.39, 0.29) is 12.2 Å². The summed E-state index contributed by atoms with van der Waals surface area (Å²) in [6.07, 6.45) is 0.972. The van der Waals surface area contributed by atoms with Gasteiger partial charge in [-0.25, -0.2) is 0 Å². The highest BCUT2D eigenvalue weighted by Gasteiger charge is 2.10. The number of hydrogen-bond acceptors (Lipinski definition) is 4. The fourth-order valence-corrected chi connectivity index (χ4v) is 1.86. The van der Waals surface area contributed by atoms with E-state index in [1.54, 1.807) is 0 Å². The maximum Gasteiger partial charge on any atom is 0.0897 e. The second-order valence-corrected chi connectivity index (χ2v) is 5.35. The summed E-state index contributed by atoms with van der Waals surface area (Å²) in [5.74, 6) is 0.627. The van der Waals surface area contributed by atoms with Gasteiger partial charge in [-0.15, -0.1) is 0 Å². The minimum atomic E-state index is -0.451. The Kier molecular flexibility index (Phi) is 10.6. The van der Waals surface area contributed by atoms with Crippen molar-refractivity contribution < 1.29 is 14.6 Å². The molecule has 0 aromatic heterocycles. The van der Waals surface area contributed by atoms with E-state index in [4.69, 9.17) is 9.47 Å². The van der Waals surface area contributed by atoms with Crippen LogP contribution in [0.15, 0.2) is 0 Å². The van der Waals surface area contributed by atoms with E-state index < -0.39 is 6.10 Å². The Balaban J connectivity index is 3.50. The van der Waals surface area contributed by atoms with Crippen LogP contribution in [0.25, 0.3) is 0 Å². The molecule has 0 aliphatic rings. The first-order valence-corrected chi connectivity index (χ1v) is 7.07. The van der Waals surface area contributed by atoms with Gasteiger partial charge in [-0.1, -0.05) is 13.8 Å². The van der Waals surface area contributed by atoms with Crippen LogP contribution in [0.4, 0.5) is 0 Å². The van der Waals surface area contributed by atoms with E-state index in [1.165, 1.54) is 0 Å². The quantitative estimate of drug-likeness (QED) is 0.595. The highest BCUT2D eigenvalue weighted by molar-refractivity contribution is 4.63. The summed E-state index contributed by atoms with van der Waals surface area (Å²) in [6.45, 7) is 12.8. The van der Waals surface area contributed by atoms with E-state index in [2.05, 4.69) is 26.1 Å². The van der Waals surface area contributed by atoms with E-state index in [9.17, 15) is 5.11 Å². The van der Waals surface area contributed by atoms with Crippen LogP contribution in [-0.4, -0.2) is 49.7 Å². The summed E-state index contributed by atoms with van der Waals surface area (Å²) >= 11 is 0. The fourth-order valence-electron chi connectivity index (χ4n) is 1.86. The van der Waals surface area contributed by atoms with Gasteiger partial charge in [0, 0.05) is 19.7 Å². The van der Waals surface area contributed by atoms with Gasteiger partial charge >= 0.3 is 0 Å². The highest BCUT2D eigenvalue weighted by atomic mass is 16.5. The molecule has 0 bridgehead atoms. The van der Waals surface area contributed by atoms with Crippen molar-refractivity contribution in [1.29, 1.82) is 0 Å². The molecular weight excluding hydrogens is 230 g/mol. The van der Waals surface area contributed by atoms with Crippen LogP contribution in [-0.2, 0) is 9.47 Å². The second kappa shape index (κ2) is 10.7. The van der Waals surface area contributed by atoms with Crippen LogP contribution in [0.2, 0.25) is 0 Å². The Labute approximate surface area is 112 Å². The summed E-state index contributed by atoms with van der Waals surface area (Å²) in [7, 11) is 0. The zero-order chi connectivity index (χ0) is 14.0. The van der Waals surface area contributed by atoms with Gasteiger partial charge < -0.3 is 19.9 Å². The zero-order valence-electron chi connectivity index (χ0n) is 12.6. The maximum atomic E-state index is 9.75. The van der Waals surface area contributed by atoms with Gasteiger partial charge in [0.25, 0.3) is 0 Å². The van der Waals surface area contributed by atoms with Crippen molar-refractivity contribution in [3.8, 4) is 0 Å². The average molecular weight is 261 g/mol. The van der Waals surface area contributed by atoms with Gasteiger partial charge in [0.15, 0.2) is 0 Å². The summed E-state index contributed by atoms with van der Waals surface area (Å²) in [6, 6.07) is 0. The van der Waals surface area contributed by atoms with Crippen LogP contribution >= 0.6 is 0 Å². The van der Waals surface area contributed by atoms with Gasteiger partial charge in [-0.3, -0.25) is 0 Å². The lowest BCUT2D eigenvalue weighted by molar-refractivity contribution is -0.00995. The van der Waals surface area contributed by atoms with Gasteiger partial charge in [-0.2, -0.15) is 0 Å². The molecule has 4 nitrogen and oxygen atoms in total. The van der Waals surface area contributed by atoms with Crippen molar-refractivity contribution in [3.05, 3.63) is 0 Å². The molecule has 0 saturated carbocycles. The molecule has 3 atom stereocenters. The zero-order valence-corrected chi connectivity index (χ0v) is 12.6. The Morgan fingerprint density at radius 2 is 1.67 bits per heavy atom. The van der Waals surface area contributed by atoms with Crippen LogP contribution in [0, 0.1) is 5.92 Å². The molecule has 18 heavy (non-hydrogen) atoms. The third kappa shape index (κ3) is 11.0. The van der Waals surface area contributed by atoms with Crippen LogP contribution < -0.4 is 5.32 Å². The Morgan fingerprint density at radius 1 is 1.00 bits per heavy atom. The first-order chi connectivity index (χ1) is 8.45. The largest absolute Gasteiger partial charge is 0.389 e. The molecule has 4 heteroatoms. The van der Waals surface area contributed by atoms with E-state index in [1.807, 2.05) is 13.8 Å². The number of hydrogen-bond donors (Lipinski definition) is 2. The molecule has 0 saturated heterocycles. The van der Waals surface area contributed by atoms with Crippen molar-refractivity contribution in [1.82, 2.24) is 5.32 Å². The lowest BCUT2D eigenvalue weighted by Gasteiger charge is -2.19. The van der Waals surface area contributed by atoms with Gasteiger partial charge in [0.1, 0.15) is 0 Å². The minimum absolute atomic E-state index is 0.183. The molecule has 0 aliphatic carbocycles. The van der Waals surface area contributed by atoms with Crippen LogP contribution in [0.1, 0.15) is 41.0 Å². The Morgan fingerprint density at radius 3 is 2.22 bits per heavy atom. The van der Waals surface area contributed by atoms with Crippen molar-refractivity contribution in [3.63, 3.8) is 0 Å². The van der Waals surface area contributed by atoms with Crippen molar-refractivity contribution in [2.75, 3.05) is 26.3 Å². The van der Waals surface area contributed by atoms with Crippen molar-refractivity contribution >= 4 is 0 Å². The molecular formula is C14H31NO3. The fraction of sp³-hybridized carbons (Fsp3) is 1.00. The number of ether oxygens (including phenoxy) is 2. The standard InChI is InChI=1S/C14H31NO3/c1-6-17-13(5)8-15-9-14(16)10-18-12(4)7-11(2)3/h11-16H,6-10H2,1-5H3. The molecule has 0 aromatic carbocycles. The second-order valence-electron chi connectivity index (χ2n) is 5.35.